The van der Waals surface area contributed by atoms with Gasteiger partial charge in [-0.3, -0.25) is 4.90 Å². The summed E-state index contributed by atoms with van der Waals surface area (Å²) in [6.45, 7) is 1.03. The summed E-state index contributed by atoms with van der Waals surface area (Å²) in [6, 6.07) is 8.02. The molecule has 2 nitrogen and oxygen atoms in total. The third-order valence-corrected chi connectivity index (χ3v) is 5.48. The fourth-order valence-corrected chi connectivity index (χ4v) is 3.97. The Bertz CT molecular complexity index is 437. The van der Waals surface area contributed by atoms with Crippen LogP contribution >= 0.6 is 27.5 Å². The fourth-order valence-electron chi connectivity index (χ4n) is 3.42. The third kappa shape index (κ3) is 2.46. The second-order valence-electron chi connectivity index (χ2n) is 5.54. The molecule has 2 fully saturated rings. The van der Waals surface area contributed by atoms with Gasteiger partial charge in [0, 0.05) is 29.1 Å². The summed E-state index contributed by atoms with van der Waals surface area (Å²) >= 11 is 9.53. The maximum atomic E-state index is 6.10. The second-order valence-corrected chi connectivity index (χ2v) is 6.80. The van der Waals surface area contributed by atoms with Gasteiger partial charge < -0.3 is 5.73 Å². The predicted octanol–water partition coefficient (Wildman–Crippen LogP) is 3.56. The highest BCUT2D eigenvalue weighted by Crippen LogP contribution is 2.36. The van der Waals surface area contributed by atoms with E-state index in [1.165, 1.54) is 18.4 Å². The highest BCUT2D eigenvalue weighted by molar-refractivity contribution is 9.10. The van der Waals surface area contributed by atoms with E-state index in [0.717, 1.165) is 28.9 Å². The Labute approximate surface area is 122 Å². The molecule has 1 aromatic rings. The number of hydrogen-bond acceptors (Lipinski definition) is 2. The number of rotatable bonds is 2. The summed E-state index contributed by atoms with van der Waals surface area (Å²) in [4.78, 5) is 2.64. The zero-order valence-electron chi connectivity index (χ0n) is 10.3. The van der Waals surface area contributed by atoms with Crippen LogP contribution in [0.3, 0.4) is 0 Å². The quantitative estimate of drug-likeness (QED) is 0.899. The lowest BCUT2D eigenvalue weighted by Gasteiger charge is -2.37. The van der Waals surface area contributed by atoms with Crippen LogP contribution in [0.25, 0.3) is 0 Å². The topological polar surface area (TPSA) is 29.3 Å². The lowest BCUT2D eigenvalue weighted by atomic mass is 9.97. The van der Waals surface area contributed by atoms with Crippen molar-refractivity contribution in [3.05, 3.63) is 33.3 Å². The highest BCUT2D eigenvalue weighted by Gasteiger charge is 2.39. The first-order valence-corrected chi connectivity index (χ1v) is 7.76. The molecule has 3 rings (SSSR count). The van der Waals surface area contributed by atoms with Crippen LogP contribution in [0, 0.1) is 0 Å². The SMILES string of the molecule is NC1CC2CCC(C1)N2Cc1ccc(Cl)c(Br)c1. The first-order chi connectivity index (χ1) is 8.63. The maximum Gasteiger partial charge on any atom is 0.0548 e. The van der Waals surface area contributed by atoms with Crippen molar-refractivity contribution in [2.24, 2.45) is 5.73 Å². The van der Waals surface area contributed by atoms with Crippen molar-refractivity contribution in [1.29, 1.82) is 0 Å². The molecular weight excluding hydrogens is 312 g/mol. The van der Waals surface area contributed by atoms with E-state index in [4.69, 9.17) is 17.3 Å². The molecule has 2 heterocycles. The zero-order chi connectivity index (χ0) is 12.7. The Balaban J connectivity index is 1.75. The van der Waals surface area contributed by atoms with Crippen molar-refractivity contribution < 1.29 is 0 Å². The first kappa shape index (κ1) is 12.9. The second kappa shape index (κ2) is 5.12. The fraction of sp³-hybridized carbons (Fsp3) is 0.571. The van der Waals surface area contributed by atoms with Gasteiger partial charge in [0.15, 0.2) is 0 Å². The summed E-state index contributed by atoms with van der Waals surface area (Å²) in [5.41, 5.74) is 7.44. The van der Waals surface area contributed by atoms with Crippen molar-refractivity contribution in [1.82, 2.24) is 4.90 Å². The molecule has 98 valence electrons. The Morgan fingerprint density at radius 2 is 1.94 bits per heavy atom. The molecule has 1 aromatic carbocycles. The van der Waals surface area contributed by atoms with Crippen molar-refractivity contribution in [2.45, 2.75) is 50.4 Å². The van der Waals surface area contributed by atoms with Crippen LogP contribution in [0.15, 0.2) is 22.7 Å². The van der Waals surface area contributed by atoms with E-state index in [0.29, 0.717) is 18.1 Å². The molecule has 0 aliphatic carbocycles. The largest absolute Gasteiger partial charge is 0.328 e. The average molecular weight is 330 g/mol. The molecule has 2 bridgehead atoms. The van der Waals surface area contributed by atoms with Crippen molar-refractivity contribution in [2.75, 3.05) is 0 Å². The van der Waals surface area contributed by atoms with Gasteiger partial charge in [-0.2, -0.15) is 0 Å². The molecule has 2 N–H and O–H groups in total. The number of fused-ring (bicyclic) bond motifs is 2. The van der Waals surface area contributed by atoms with Crippen LogP contribution < -0.4 is 5.73 Å². The van der Waals surface area contributed by atoms with E-state index >= 15 is 0 Å². The van der Waals surface area contributed by atoms with Gasteiger partial charge in [0.05, 0.1) is 5.02 Å². The number of nitrogens with zero attached hydrogens (tertiary/aromatic N) is 1. The van der Waals surface area contributed by atoms with Crippen LogP contribution in [0.1, 0.15) is 31.2 Å². The molecule has 0 saturated carbocycles. The number of nitrogens with two attached hydrogens (primary N) is 1. The summed E-state index contributed by atoms with van der Waals surface area (Å²) in [6.07, 6.45) is 4.94. The highest BCUT2D eigenvalue weighted by atomic mass is 79.9. The number of halogens is 2. The monoisotopic (exact) mass is 328 g/mol. The van der Waals surface area contributed by atoms with Gasteiger partial charge in [-0.25, -0.2) is 0 Å². The molecule has 18 heavy (non-hydrogen) atoms. The molecule has 2 aliphatic heterocycles. The molecule has 0 aromatic heterocycles. The van der Waals surface area contributed by atoms with Gasteiger partial charge in [-0.15, -0.1) is 0 Å². The van der Waals surface area contributed by atoms with E-state index in [1.807, 2.05) is 6.07 Å². The van der Waals surface area contributed by atoms with E-state index < -0.39 is 0 Å². The summed E-state index contributed by atoms with van der Waals surface area (Å²) in [7, 11) is 0. The Kier molecular flexibility index (Phi) is 3.68. The van der Waals surface area contributed by atoms with Crippen LogP contribution in [-0.2, 0) is 6.54 Å². The molecule has 2 aliphatic rings. The van der Waals surface area contributed by atoms with Gasteiger partial charge in [-0.05, 0) is 59.3 Å². The molecule has 0 radical (unpaired) electrons. The van der Waals surface area contributed by atoms with Crippen molar-refractivity contribution in [3.63, 3.8) is 0 Å². The minimum absolute atomic E-state index is 0.413. The normalized spacial score (nSPS) is 31.8. The Hall–Kier alpha value is -0.0900. The van der Waals surface area contributed by atoms with Crippen LogP contribution in [0.5, 0.6) is 0 Å². The molecule has 2 unspecified atom stereocenters. The van der Waals surface area contributed by atoms with Crippen LogP contribution in [0.4, 0.5) is 0 Å². The minimum atomic E-state index is 0.413. The molecule has 0 amide bonds. The van der Waals surface area contributed by atoms with Gasteiger partial charge in [-0.1, -0.05) is 17.7 Å². The number of hydrogen-bond donors (Lipinski definition) is 1. The van der Waals surface area contributed by atoms with E-state index in [9.17, 15) is 0 Å². The molecule has 2 atom stereocenters. The van der Waals surface area contributed by atoms with Gasteiger partial charge >= 0.3 is 0 Å². The molecule has 4 heteroatoms. The lowest BCUT2D eigenvalue weighted by molar-refractivity contribution is 0.120. The maximum absolute atomic E-state index is 6.10. The van der Waals surface area contributed by atoms with E-state index in [2.05, 4.69) is 33.0 Å². The van der Waals surface area contributed by atoms with E-state index in [-0.39, 0.29) is 0 Å². The Morgan fingerprint density at radius 1 is 1.28 bits per heavy atom. The summed E-state index contributed by atoms with van der Waals surface area (Å²) in [5.74, 6) is 0. The van der Waals surface area contributed by atoms with Gasteiger partial charge in [0.25, 0.3) is 0 Å². The average Bonchev–Trinajstić information content (AvgIpc) is 2.58. The van der Waals surface area contributed by atoms with E-state index in [1.54, 1.807) is 0 Å². The van der Waals surface area contributed by atoms with Crippen molar-refractivity contribution >= 4 is 27.5 Å². The first-order valence-electron chi connectivity index (χ1n) is 6.59. The molecule has 0 spiro atoms. The summed E-state index contributed by atoms with van der Waals surface area (Å²) < 4.78 is 0.989. The smallest absolute Gasteiger partial charge is 0.0548 e. The van der Waals surface area contributed by atoms with Gasteiger partial charge in [0.2, 0.25) is 0 Å². The summed E-state index contributed by atoms with van der Waals surface area (Å²) in [5, 5.41) is 0.780. The zero-order valence-corrected chi connectivity index (χ0v) is 12.6. The van der Waals surface area contributed by atoms with Crippen LogP contribution in [0.2, 0.25) is 5.02 Å². The Morgan fingerprint density at radius 3 is 2.56 bits per heavy atom. The minimum Gasteiger partial charge on any atom is -0.328 e. The van der Waals surface area contributed by atoms with Crippen molar-refractivity contribution in [3.8, 4) is 0 Å². The standard InChI is InChI=1S/C14H18BrClN2/c15-13-5-9(1-4-14(13)16)8-18-11-2-3-12(18)7-10(17)6-11/h1,4-5,10-12H,2-3,6-8,17H2. The number of benzene rings is 1. The van der Waals surface area contributed by atoms with Crippen LogP contribution in [-0.4, -0.2) is 23.0 Å². The van der Waals surface area contributed by atoms with Gasteiger partial charge in [0.1, 0.15) is 0 Å². The molecule has 2 saturated heterocycles. The predicted molar refractivity (Wildman–Crippen MR) is 78.7 cm³/mol. The number of piperidine rings is 1. The lowest BCUT2D eigenvalue weighted by Crippen LogP contribution is -2.46. The third-order valence-electron chi connectivity index (χ3n) is 4.27. The molecular formula is C14H18BrClN2.